The van der Waals surface area contributed by atoms with Gasteiger partial charge >= 0.3 is 0 Å². The largest absolute Gasteiger partial charge is 0.379 e. The Morgan fingerprint density at radius 2 is 1.83 bits per heavy atom. The van der Waals surface area contributed by atoms with Crippen LogP contribution in [0, 0.1) is 0 Å². The summed E-state index contributed by atoms with van der Waals surface area (Å²) < 4.78 is 5.49. The van der Waals surface area contributed by atoms with Gasteiger partial charge in [0.05, 0.1) is 13.2 Å². The van der Waals surface area contributed by atoms with Crippen LogP contribution in [0.25, 0.3) is 0 Å². The minimum absolute atomic E-state index is 0.182. The Kier molecular flexibility index (Phi) is 6.58. The van der Waals surface area contributed by atoms with Gasteiger partial charge in [0, 0.05) is 38.4 Å². The predicted octanol–water partition coefficient (Wildman–Crippen LogP) is 3.38. The first kappa shape index (κ1) is 18.7. The molecule has 1 fully saturated rings. The van der Waals surface area contributed by atoms with E-state index >= 15 is 0 Å². The Morgan fingerprint density at radius 3 is 2.33 bits per heavy atom. The molecule has 0 N–H and O–H groups in total. The molecule has 1 aliphatic heterocycles. The Labute approximate surface area is 146 Å². The number of rotatable bonds is 7. The van der Waals surface area contributed by atoms with Gasteiger partial charge in [0.25, 0.3) is 0 Å². The number of hydrogen-bond donors (Lipinski definition) is 0. The van der Waals surface area contributed by atoms with E-state index in [2.05, 4.69) is 30.9 Å². The molecule has 0 aromatic heterocycles. The van der Waals surface area contributed by atoms with Crippen molar-refractivity contribution in [3.8, 4) is 0 Å². The minimum atomic E-state index is -0.570. The number of morpholine rings is 1. The molecule has 1 atom stereocenters. The first-order valence-corrected chi connectivity index (χ1v) is 8.87. The lowest BCUT2D eigenvalue weighted by Crippen LogP contribution is -2.56. The molecule has 2 rings (SSSR count). The average molecular weight is 330 g/mol. The molecule has 1 aliphatic rings. The standard InChI is InChI=1S/C20H30N2O2/c1-5-7-12-20(6-2,22-13-15-24-16-14-22)19(23)17-8-10-18(11-9-17)21(3)4/h7-12H,5-6,13-16H2,1-4H3. The third-order valence-electron chi connectivity index (χ3n) is 4.78. The SMILES string of the molecule is CCC=CC(CC)(C(=O)c1ccc(N(C)C)cc1)N1CCOCC1. The molecular weight excluding hydrogens is 300 g/mol. The van der Waals surface area contributed by atoms with E-state index in [1.807, 2.05) is 43.3 Å². The molecule has 0 aliphatic carbocycles. The van der Waals surface area contributed by atoms with Gasteiger partial charge in [-0.2, -0.15) is 0 Å². The second kappa shape index (κ2) is 8.45. The summed E-state index contributed by atoms with van der Waals surface area (Å²) in [5, 5.41) is 0. The Hall–Kier alpha value is -1.65. The lowest BCUT2D eigenvalue weighted by molar-refractivity contribution is -0.00224. The smallest absolute Gasteiger partial charge is 0.186 e. The summed E-state index contributed by atoms with van der Waals surface area (Å²) in [7, 11) is 4.01. The highest BCUT2D eigenvalue weighted by atomic mass is 16.5. The number of benzene rings is 1. The lowest BCUT2D eigenvalue weighted by atomic mass is 9.83. The van der Waals surface area contributed by atoms with Gasteiger partial charge in [0.1, 0.15) is 5.54 Å². The zero-order chi connectivity index (χ0) is 17.6. The summed E-state index contributed by atoms with van der Waals surface area (Å²) in [4.78, 5) is 17.8. The number of allylic oxidation sites excluding steroid dienone is 1. The molecule has 4 heteroatoms. The van der Waals surface area contributed by atoms with Gasteiger partial charge in [0.15, 0.2) is 5.78 Å². The van der Waals surface area contributed by atoms with E-state index in [-0.39, 0.29) is 5.78 Å². The first-order valence-electron chi connectivity index (χ1n) is 8.87. The van der Waals surface area contributed by atoms with Crippen LogP contribution in [0.15, 0.2) is 36.4 Å². The number of nitrogens with zero attached hydrogens (tertiary/aromatic N) is 2. The molecule has 1 heterocycles. The van der Waals surface area contributed by atoms with Crippen molar-refractivity contribution in [3.05, 3.63) is 42.0 Å². The van der Waals surface area contributed by atoms with Gasteiger partial charge in [-0.3, -0.25) is 9.69 Å². The van der Waals surface area contributed by atoms with Crippen LogP contribution in [0.5, 0.6) is 0 Å². The number of carbonyl (C=O) groups is 1. The van der Waals surface area contributed by atoms with Gasteiger partial charge in [-0.05, 0) is 37.1 Å². The van der Waals surface area contributed by atoms with E-state index in [4.69, 9.17) is 4.74 Å². The number of Topliss-reactive ketones (excluding diaryl/α,β-unsaturated/α-hetero) is 1. The van der Waals surface area contributed by atoms with Crippen molar-refractivity contribution in [1.82, 2.24) is 4.90 Å². The summed E-state index contributed by atoms with van der Waals surface area (Å²) >= 11 is 0. The Morgan fingerprint density at radius 1 is 1.21 bits per heavy atom. The zero-order valence-electron chi connectivity index (χ0n) is 15.4. The second-order valence-electron chi connectivity index (χ2n) is 6.46. The topological polar surface area (TPSA) is 32.8 Å². The zero-order valence-corrected chi connectivity index (χ0v) is 15.4. The van der Waals surface area contributed by atoms with Gasteiger partial charge in [-0.1, -0.05) is 26.0 Å². The number of ketones is 1. The van der Waals surface area contributed by atoms with Crippen LogP contribution in [-0.4, -0.2) is 56.6 Å². The van der Waals surface area contributed by atoms with E-state index < -0.39 is 5.54 Å². The average Bonchev–Trinajstić information content (AvgIpc) is 2.63. The number of carbonyl (C=O) groups excluding carboxylic acids is 1. The summed E-state index contributed by atoms with van der Waals surface area (Å²) in [6, 6.07) is 7.91. The van der Waals surface area contributed by atoms with Crippen molar-refractivity contribution >= 4 is 11.5 Å². The normalized spacial score (nSPS) is 18.5. The number of anilines is 1. The van der Waals surface area contributed by atoms with E-state index in [0.717, 1.165) is 37.2 Å². The van der Waals surface area contributed by atoms with Crippen molar-refractivity contribution in [2.75, 3.05) is 45.3 Å². The summed E-state index contributed by atoms with van der Waals surface area (Å²) in [6.07, 6.45) is 5.92. The fraction of sp³-hybridized carbons (Fsp3) is 0.550. The van der Waals surface area contributed by atoms with Gasteiger partial charge in [0.2, 0.25) is 0 Å². The van der Waals surface area contributed by atoms with Crippen molar-refractivity contribution < 1.29 is 9.53 Å². The van der Waals surface area contributed by atoms with E-state index in [1.165, 1.54) is 0 Å². The molecule has 4 nitrogen and oxygen atoms in total. The lowest BCUT2D eigenvalue weighted by Gasteiger charge is -2.42. The van der Waals surface area contributed by atoms with Crippen LogP contribution in [0.2, 0.25) is 0 Å². The maximum absolute atomic E-state index is 13.4. The van der Waals surface area contributed by atoms with Gasteiger partial charge in [-0.25, -0.2) is 0 Å². The van der Waals surface area contributed by atoms with E-state index in [9.17, 15) is 4.79 Å². The van der Waals surface area contributed by atoms with Crippen LogP contribution >= 0.6 is 0 Å². The monoisotopic (exact) mass is 330 g/mol. The molecule has 0 bridgehead atoms. The molecule has 1 aromatic carbocycles. The van der Waals surface area contributed by atoms with Crippen LogP contribution in [0.4, 0.5) is 5.69 Å². The van der Waals surface area contributed by atoms with Gasteiger partial charge in [-0.15, -0.1) is 0 Å². The molecule has 1 unspecified atom stereocenters. The summed E-state index contributed by atoms with van der Waals surface area (Å²) in [6.45, 7) is 7.17. The molecule has 24 heavy (non-hydrogen) atoms. The highest BCUT2D eigenvalue weighted by Crippen LogP contribution is 2.29. The van der Waals surface area contributed by atoms with Crippen molar-refractivity contribution in [1.29, 1.82) is 0 Å². The van der Waals surface area contributed by atoms with Gasteiger partial charge < -0.3 is 9.64 Å². The summed E-state index contributed by atoms with van der Waals surface area (Å²) in [5.41, 5.74) is 1.30. The van der Waals surface area contributed by atoms with E-state index in [0.29, 0.717) is 13.2 Å². The fourth-order valence-corrected chi connectivity index (χ4v) is 3.26. The van der Waals surface area contributed by atoms with Crippen molar-refractivity contribution in [2.24, 2.45) is 0 Å². The number of ether oxygens (including phenoxy) is 1. The predicted molar refractivity (Wildman–Crippen MR) is 99.9 cm³/mol. The number of hydrogen-bond acceptors (Lipinski definition) is 4. The van der Waals surface area contributed by atoms with Crippen LogP contribution in [-0.2, 0) is 4.74 Å². The third-order valence-corrected chi connectivity index (χ3v) is 4.78. The maximum Gasteiger partial charge on any atom is 0.186 e. The van der Waals surface area contributed by atoms with E-state index in [1.54, 1.807) is 0 Å². The second-order valence-corrected chi connectivity index (χ2v) is 6.46. The molecule has 0 saturated carbocycles. The molecule has 1 saturated heterocycles. The minimum Gasteiger partial charge on any atom is -0.379 e. The Balaban J connectivity index is 2.37. The van der Waals surface area contributed by atoms with Crippen molar-refractivity contribution in [2.45, 2.75) is 32.2 Å². The first-order chi connectivity index (χ1) is 11.5. The summed E-state index contributed by atoms with van der Waals surface area (Å²) in [5.74, 6) is 0.182. The molecule has 0 radical (unpaired) electrons. The highest BCUT2D eigenvalue weighted by molar-refractivity contribution is 6.05. The molecule has 1 aromatic rings. The molecule has 0 spiro atoms. The van der Waals surface area contributed by atoms with Crippen LogP contribution in [0.3, 0.4) is 0 Å². The quantitative estimate of drug-likeness (QED) is 0.567. The van der Waals surface area contributed by atoms with Crippen LogP contribution < -0.4 is 4.90 Å². The molecule has 0 amide bonds. The fourth-order valence-electron chi connectivity index (χ4n) is 3.26. The molecule has 132 valence electrons. The third kappa shape index (κ3) is 3.87. The van der Waals surface area contributed by atoms with Crippen LogP contribution in [0.1, 0.15) is 37.0 Å². The Bertz CT molecular complexity index is 560. The maximum atomic E-state index is 13.4. The highest BCUT2D eigenvalue weighted by Gasteiger charge is 2.41. The molecular formula is C20H30N2O2. The van der Waals surface area contributed by atoms with Crippen molar-refractivity contribution in [3.63, 3.8) is 0 Å².